The highest BCUT2D eigenvalue weighted by Crippen LogP contribution is 1.88. The number of aryl methyl sites for hydroxylation is 1. The van der Waals surface area contributed by atoms with Gasteiger partial charge < -0.3 is 5.21 Å². The van der Waals surface area contributed by atoms with Gasteiger partial charge in [0.05, 0.1) is 5.69 Å². The molecule has 0 radical (unpaired) electrons. The summed E-state index contributed by atoms with van der Waals surface area (Å²) in [6.45, 7) is 1.67. The van der Waals surface area contributed by atoms with E-state index < -0.39 is 0 Å². The Morgan fingerprint density at radius 1 is 1.78 bits per heavy atom. The Labute approximate surface area is 52.5 Å². The van der Waals surface area contributed by atoms with Crippen LogP contribution in [0.3, 0.4) is 0 Å². The molecule has 0 aliphatic rings. The number of aromatic nitrogens is 2. The maximum absolute atomic E-state index is 10.7. The minimum absolute atomic E-state index is 0.00463. The summed E-state index contributed by atoms with van der Waals surface area (Å²) in [4.78, 5) is 3.57. The van der Waals surface area contributed by atoms with E-state index in [-0.39, 0.29) is 5.95 Å². The zero-order chi connectivity index (χ0) is 6.85. The first-order valence-corrected chi connectivity index (χ1v) is 2.52. The third kappa shape index (κ3) is 0.910. The Balaban J connectivity index is 3.25. The number of hydrogen-bond acceptors (Lipinski definition) is 3. The molecule has 0 aliphatic heterocycles. The molecule has 0 atom stereocenters. The Morgan fingerprint density at radius 3 is 2.89 bits per heavy atom. The molecule has 0 amide bonds. The highest BCUT2D eigenvalue weighted by Gasteiger charge is 1.97. The molecule has 1 heterocycles. The van der Waals surface area contributed by atoms with E-state index >= 15 is 0 Å². The normalized spacial score (nSPS) is 9.44. The zero-order valence-electron chi connectivity index (χ0n) is 5.03. The molecule has 0 saturated heterocycles. The maximum atomic E-state index is 10.7. The summed E-state index contributed by atoms with van der Waals surface area (Å²) >= 11 is 0. The van der Waals surface area contributed by atoms with Crippen LogP contribution in [0.2, 0.25) is 0 Å². The zero-order valence-corrected chi connectivity index (χ0v) is 5.03. The Morgan fingerprint density at radius 2 is 2.44 bits per heavy atom. The van der Waals surface area contributed by atoms with Gasteiger partial charge in [-0.15, -0.1) is 0 Å². The molecule has 0 saturated carbocycles. The number of nitrogens with two attached hydrogens (primary N) is 1. The SMILES string of the molecule is Cc1ccnc(N)[n+]1[O-]. The molecule has 9 heavy (non-hydrogen) atoms. The van der Waals surface area contributed by atoms with Crippen molar-refractivity contribution in [3.63, 3.8) is 0 Å². The molecule has 0 bridgehead atoms. The van der Waals surface area contributed by atoms with Gasteiger partial charge in [0.2, 0.25) is 0 Å². The minimum Gasteiger partial charge on any atom is -0.740 e. The van der Waals surface area contributed by atoms with Crippen LogP contribution in [0.4, 0.5) is 5.95 Å². The molecule has 0 aromatic carbocycles. The Kier molecular flexibility index (Phi) is 1.22. The lowest BCUT2D eigenvalue weighted by Gasteiger charge is -2.05. The molecule has 48 valence electrons. The smallest absolute Gasteiger partial charge is 0.389 e. The van der Waals surface area contributed by atoms with Crippen LogP contribution in [-0.4, -0.2) is 4.98 Å². The third-order valence-electron chi connectivity index (χ3n) is 1.05. The van der Waals surface area contributed by atoms with Gasteiger partial charge in [0, 0.05) is 6.07 Å². The van der Waals surface area contributed by atoms with E-state index in [1.165, 1.54) is 6.20 Å². The third-order valence-corrected chi connectivity index (χ3v) is 1.05. The number of anilines is 1. The van der Waals surface area contributed by atoms with Gasteiger partial charge in [0.15, 0.2) is 0 Å². The molecular weight excluding hydrogens is 118 g/mol. The summed E-state index contributed by atoms with van der Waals surface area (Å²) < 4.78 is 0.583. The largest absolute Gasteiger partial charge is 0.740 e. The summed E-state index contributed by atoms with van der Waals surface area (Å²) in [5.41, 5.74) is 5.72. The first-order chi connectivity index (χ1) is 4.22. The van der Waals surface area contributed by atoms with Gasteiger partial charge in [-0.2, -0.15) is 0 Å². The van der Waals surface area contributed by atoms with E-state index in [0.717, 1.165) is 0 Å². The predicted molar refractivity (Wildman–Crippen MR) is 32.3 cm³/mol. The van der Waals surface area contributed by atoms with Crippen LogP contribution in [0.1, 0.15) is 5.69 Å². The molecule has 1 rings (SSSR count). The van der Waals surface area contributed by atoms with Crippen molar-refractivity contribution in [2.24, 2.45) is 0 Å². The monoisotopic (exact) mass is 125 g/mol. The van der Waals surface area contributed by atoms with Gasteiger partial charge in [-0.1, -0.05) is 4.98 Å². The second-order valence-electron chi connectivity index (χ2n) is 1.74. The van der Waals surface area contributed by atoms with Crippen molar-refractivity contribution in [3.8, 4) is 0 Å². The molecule has 0 aliphatic carbocycles. The molecular formula is C5H7N3O. The highest BCUT2D eigenvalue weighted by atomic mass is 16.5. The van der Waals surface area contributed by atoms with E-state index in [0.29, 0.717) is 10.4 Å². The summed E-state index contributed by atoms with van der Waals surface area (Å²) in [6, 6.07) is 1.60. The Bertz CT molecular complexity index is 203. The minimum atomic E-state index is -0.00463. The molecule has 2 N–H and O–H groups in total. The standard InChI is InChI=1S/C5H7N3O/c1-4-2-3-7-5(6)8(4)9/h2-3H,1H3,(H2,6,7). The number of nitrogens with zero attached hydrogens (tertiary/aromatic N) is 2. The molecule has 0 unspecified atom stereocenters. The van der Waals surface area contributed by atoms with Crippen LogP contribution in [-0.2, 0) is 0 Å². The quantitative estimate of drug-likeness (QED) is 0.379. The van der Waals surface area contributed by atoms with Crippen molar-refractivity contribution in [2.75, 3.05) is 5.73 Å². The van der Waals surface area contributed by atoms with Crippen LogP contribution < -0.4 is 10.5 Å². The molecule has 1 aromatic rings. The summed E-state index contributed by atoms with van der Waals surface area (Å²) in [6.07, 6.45) is 1.50. The molecule has 0 spiro atoms. The lowest BCUT2D eigenvalue weighted by molar-refractivity contribution is -0.599. The van der Waals surface area contributed by atoms with Crippen LogP contribution in [0.5, 0.6) is 0 Å². The Hall–Kier alpha value is -1.32. The predicted octanol–water partition coefficient (Wildman–Crippen LogP) is -0.394. The van der Waals surface area contributed by atoms with Crippen molar-refractivity contribution < 1.29 is 4.73 Å². The first-order valence-electron chi connectivity index (χ1n) is 2.52. The molecule has 0 fully saturated rings. The van der Waals surface area contributed by atoms with Crippen molar-refractivity contribution >= 4 is 5.95 Å². The van der Waals surface area contributed by atoms with Crippen molar-refractivity contribution in [3.05, 3.63) is 23.2 Å². The first kappa shape index (κ1) is 5.81. The second kappa shape index (κ2) is 1.89. The number of rotatable bonds is 0. The fourth-order valence-corrected chi connectivity index (χ4v) is 0.522. The van der Waals surface area contributed by atoms with E-state index in [9.17, 15) is 5.21 Å². The fraction of sp³-hybridized carbons (Fsp3) is 0.200. The fourth-order valence-electron chi connectivity index (χ4n) is 0.522. The van der Waals surface area contributed by atoms with Gasteiger partial charge >= 0.3 is 5.95 Å². The maximum Gasteiger partial charge on any atom is 0.389 e. The summed E-state index contributed by atoms with van der Waals surface area (Å²) in [5.74, 6) is -0.00463. The van der Waals surface area contributed by atoms with Crippen LogP contribution in [0, 0.1) is 12.1 Å². The van der Waals surface area contributed by atoms with Gasteiger partial charge in [0.25, 0.3) is 0 Å². The average molecular weight is 125 g/mol. The van der Waals surface area contributed by atoms with Crippen LogP contribution in [0.25, 0.3) is 0 Å². The topological polar surface area (TPSA) is 65.8 Å². The van der Waals surface area contributed by atoms with Crippen molar-refractivity contribution in [1.82, 2.24) is 4.98 Å². The van der Waals surface area contributed by atoms with E-state index in [2.05, 4.69) is 4.98 Å². The van der Waals surface area contributed by atoms with Gasteiger partial charge in [-0.05, 0) is 6.92 Å². The van der Waals surface area contributed by atoms with Gasteiger partial charge in [0.1, 0.15) is 6.20 Å². The molecule has 4 heteroatoms. The second-order valence-corrected chi connectivity index (χ2v) is 1.74. The lowest BCUT2D eigenvalue weighted by Crippen LogP contribution is -2.34. The number of nitrogen functional groups attached to an aromatic ring is 1. The van der Waals surface area contributed by atoms with Crippen LogP contribution in [0.15, 0.2) is 12.3 Å². The summed E-state index contributed by atoms with van der Waals surface area (Å²) in [5, 5.41) is 10.7. The van der Waals surface area contributed by atoms with E-state index in [1.807, 2.05) is 0 Å². The summed E-state index contributed by atoms with van der Waals surface area (Å²) in [7, 11) is 0. The van der Waals surface area contributed by atoms with E-state index in [1.54, 1.807) is 13.0 Å². The molecule has 4 nitrogen and oxygen atoms in total. The highest BCUT2D eigenvalue weighted by molar-refractivity contribution is 5.06. The molecule has 1 aromatic heterocycles. The van der Waals surface area contributed by atoms with Crippen molar-refractivity contribution in [2.45, 2.75) is 6.92 Å². The van der Waals surface area contributed by atoms with Crippen molar-refractivity contribution in [1.29, 1.82) is 0 Å². The lowest BCUT2D eigenvalue weighted by atomic mass is 10.5. The average Bonchev–Trinajstić information content (AvgIpc) is 1.83. The number of hydrogen-bond donors (Lipinski definition) is 1. The van der Waals surface area contributed by atoms with Gasteiger partial charge in [-0.3, -0.25) is 5.73 Å². The van der Waals surface area contributed by atoms with E-state index in [4.69, 9.17) is 5.73 Å². The van der Waals surface area contributed by atoms with Crippen LogP contribution >= 0.6 is 0 Å². The van der Waals surface area contributed by atoms with Gasteiger partial charge in [-0.25, -0.2) is 4.73 Å².